The number of aromatic nitrogens is 1. The van der Waals surface area contributed by atoms with Gasteiger partial charge in [-0.1, -0.05) is 13.8 Å². The Hall–Kier alpha value is -0.920. The number of hydrogen-bond donors (Lipinski definition) is 1. The largest absolute Gasteiger partial charge is 0.316 e. The number of nitrogens with zero attached hydrogens (tertiary/aromatic N) is 2. The van der Waals surface area contributed by atoms with Crippen molar-refractivity contribution in [1.82, 2.24) is 10.3 Å². The maximum Gasteiger partial charge on any atom is 0.113 e. The van der Waals surface area contributed by atoms with E-state index >= 15 is 0 Å². The zero-order valence-corrected chi connectivity index (χ0v) is 11.2. The van der Waals surface area contributed by atoms with Gasteiger partial charge in [0.2, 0.25) is 0 Å². The highest BCUT2D eigenvalue weighted by Crippen LogP contribution is 2.27. The molecule has 0 aromatic carbocycles. The minimum atomic E-state index is -0.471. The third-order valence-corrected chi connectivity index (χ3v) is 3.73. The van der Waals surface area contributed by atoms with Gasteiger partial charge in [-0.3, -0.25) is 0 Å². The van der Waals surface area contributed by atoms with Crippen molar-refractivity contribution in [2.75, 3.05) is 13.1 Å². The Balaban J connectivity index is 2.76. The van der Waals surface area contributed by atoms with Crippen LogP contribution in [0.5, 0.6) is 0 Å². The second kappa shape index (κ2) is 5.42. The highest BCUT2D eigenvalue weighted by molar-refractivity contribution is 7.09. The summed E-state index contributed by atoms with van der Waals surface area (Å²) < 4.78 is 0. The molecule has 1 heterocycles. The number of nitriles is 1. The molecule has 1 atom stereocenters. The molecule has 0 saturated heterocycles. The summed E-state index contributed by atoms with van der Waals surface area (Å²) in [6, 6.07) is 2.29. The summed E-state index contributed by atoms with van der Waals surface area (Å²) in [5, 5.41) is 15.3. The van der Waals surface area contributed by atoms with Crippen LogP contribution in [0.25, 0.3) is 0 Å². The zero-order valence-electron chi connectivity index (χ0n) is 10.4. The number of thiazole rings is 1. The van der Waals surface area contributed by atoms with Crippen molar-refractivity contribution in [3.63, 3.8) is 0 Å². The van der Waals surface area contributed by atoms with Gasteiger partial charge in [0.1, 0.15) is 10.4 Å². The molecule has 4 heteroatoms. The van der Waals surface area contributed by atoms with Gasteiger partial charge in [0.05, 0.1) is 11.8 Å². The van der Waals surface area contributed by atoms with Crippen molar-refractivity contribution in [2.24, 2.45) is 0 Å². The fourth-order valence-electron chi connectivity index (χ4n) is 1.31. The molecule has 0 amide bonds. The first-order valence-corrected chi connectivity index (χ1v) is 6.47. The topological polar surface area (TPSA) is 48.7 Å². The lowest BCUT2D eigenvalue weighted by atomic mass is 9.97. The second-order valence-corrected chi connectivity index (χ2v) is 5.38. The number of rotatable bonds is 5. The van der Waals surface area contributed by atoms with E-state index in [9.17, 15) is 0 Å². The van der Waals surface area contributed by atoms with Crippen molar-refractivity contribution >= 4 is 11.3 Å². The van der Waals surface area contributed by atoms with Crippen LogP contribution in [-0.2, 0) is 5.41 Å². The van der Waals surface area contributed by atoms with Gasteiger partial charge in [0.25, 0.3) is 0 Å². The van der Waals surface area contributed by atoms with Gasteiger partial charge < -0.3 is 5.32 Å². The summed E-state index contributed by atoms with van der Waals surface area (Å²) >= 11 is 1.58. The highest BCUT2D eigenvalue weighted by Gasteiger charge is 2.24. The first kappa shape index (κ1) is 13.1. The van der Waals surface area contributed by atoms with E-state index in [2.05, 4.69) is 35.6 Å². The molecule has 1 unspecified atom stereocenters. The summed E-state index contributed by atoms with van der Waals surface area (Å²) in [7, 11) is 0. The number of likely N-dealkylation sites (N-methyl/N-ethyl adjacent to an activating group) is 1. The maximum atomic E-state index is 9.04. The van der Waals surface area contributed by atoms with Gasteiger partial charge in [-0.05, 0) is 20.4 Å². The minimum absolute atomic E-state index is 0.402. The molecule has 3 nitrogen and oxygen atoms in total. The average molecular weight is 237 g/mol. The molecule has 88 valence electrons. The first-order valence-electron chi connectivity index (χ1n) is 5.59. The van der Waals surface area contributed by atoms with E-state index in [1.54, 1.807) is 11.3 Å². The van der Waals surface area contributed by atoms with Crippen LogP contribution in [0.4, 0.5) is 0 Å². The molecule has 0 radical (unpaired) electrons. The van der Waals surface area contributed by atoms with E-state index in [1.165, 1.54) is 0 Å². The van der Waals surface area contributed by atoms with E-state index in [0.717, 1.165) is 23.8 Å². The van der Waals surface area contributed by atoms with Crippen LogP contribution in [0.15, 0.2) is 5.38 Å². The van der Waals surface area contributed by atoms with Crippen LogP contribution >= 0.6 is 11.3 Å². The fourth-order valence-corrected chi connectivity index (χ4v) is 2.33. The van der Waals surface area contributed by atoms with Crippen molar-refractivity contribution in [3.8, 4) is 6.07 Å². The third-order valence-electron chi connectivity index (χ3n) is 2.54. The number of hydrogen-bond acceptors (Lipinski definition) is 4. The van der Waals surface area contributed by atoms with Crippen LogP contribution in [0.2, 0.25) is 0 Å². The maximum absolute atomic E-state index is 9.04. The summed E-state index contributed by atoms with van der Waals surface area (Å²) in [5.41, 5.74) is 0.616. The Kier molecular flexibility index (Phi) is 4.45. The average Bonchev–Trinajstić information content (AvgIpc) is 2.75. The van der Waals surface area contributed by atoms with E-state index in [4.69, 9.17) is 5.26 Å². The molecule has 1 N–H and O–H groups in total. The smallest absolute Gasteiger partial charge is 0.113 e. The van der Waals surface area contributed by atoms with Crippen molar-refractivity contribution < 1.29 is 0 Å². The lowest BCUT2D eigenvalue weighted by molar-refractivity contribution is 0.615. The van der Waals surface area contributed by atoms with Crippen molar-refractivity contribution in [2.45, 2.75) is 39.0 Å². The van der Waals surface area contributed by atoms with Crippen LogP contribution in [0, 0.1) is 11.3 Å². The van der Waals surface area contributed by atoms with Crippen molar-refractivity contribution in [1.29, 1.82) is 5.26 Å². The Morgan fingerprint density at radius 1 is 1.62 bits per heavy atom. The minimum Gasteiger partial charge on any atom is -0.316 e. The predicted molar refractivity (Wildman–Crippen MR) is 67.7 cm³/mol. The normalized spacial score (nSPS) is 13.4. The van der Waals surface area contributed by atoms with Crippen LogP contribution in [0.3, 0.4) is 0 Å². The van der Waals surface area contributed by atoms with Gasteiger partial charge in [-0.15, -0.1) is 11.3 Å². The Labute approximate surface area is 102 Å². The molecule has 0 fully saturated rings. The molecule has 0 aliphatic heterocycles. The Bertz CT molecular complexity index is 376. The van der Waals surface area contributed by atoms with Crippen molar-refractivity contribution in [3.05, 3.63) is 16.1 Å². The zero-order chi connectivity index (χ0) is 12.2. The summed E-state index contributed by atoms with van der Waals surface area (Å²) in [5.74, 6) is 0.402. The van der Waals surface area contributed by atoms with E-state index in [1.807, 2.05) is 13.8 Å². The van der Waals surface area contributed by atoms with Crippen LogP contribution < -0.4 is 5.32 Å². The molecular formula is C12H19N3S. The third kappa shape index (κ3) is 3.03. The van der Waals surface area contributed by atoms with Crippen LogP contribution in [-0.4, -0.2) is 18.1 Å². The van der Waals surface area contributed by atoms with E-state index in [0.29, 0.717) is 5.92 Å². The van der Waals surface area contributed by atoms with Gasteiger partial charge in [0.15, 0.2) is 0 Å². The van der Waals surface area contributed by atoms with E-state index in [-0.39, 0.29) is 0 Å². The molecule has 16 heavy (non-hydrogen) atoms. The van der Waals surface area contributed by atoms with Gasteiger partial charge >= 0.3 is 0 Å². The molecule has 0 saturated carbocycles. The summed E-state index contributed by atoms with van der Waals surface area (Å²) in [4.78, 5) is 4.56. The molecular weight excluding hydrogens is 218 g/mol. The monoisotopic (exact) mass is 237 g/mol. The van der Waals surface area contributed by atoms with E-state index < -0.39 is 5.41 Å². The second-order valence-electron chi connectivity index (χ2n) is 4.52. The summed E-state index contributed by atoms with van der Waals surface area (Å²) in [6.07, 6.45) is 0. The molecule has 0 aliphatic carbocycles. The van der Waals surface area contributed by atoms with Gasteiger partial charge in [0, 0.05) is 17.8 Å². The standard InChI is InChI=1S/C12H19N3S/c1-5-14-6-9(2)10-7-16-11(15-10)12(3,4)8-13/h7,9,14H,5-6H2,1-4H3. The van der Waals surface area contributed by atoms with Gasteiger partial charge in [-0.25, -0.2) is 4.98 Å². The number of nitrogens with one attached hydrogen (secondary N) is 1. The van der Waals surface area contributed by atoms with Gasteiger partial charge in [-0.2, -0.15) is 5.26 Å². The molecule has 1 aromatic heterocycles. The molecule has 0 spiro atoms. The van der Waals surface area contributed by atoms with Crippen LogP contribution in [0.1, 0.15) is 44.3 Å². The SMILES string of the molecule is CCNCC(C)c1csc(C(C)(C)C#N)n1. The Morgan fingerprint density at radius 2 is 2.31 bits per heavy atom. The lowest BCUT2D eigenvalue weighted by Gasteiger charge is -2.11. The molecule has 1 rings (SSSR count). The molecule has 0 bridgehead atoms. The predicted octanol–water partition coefficient (Wildman–Crippen LogP) is 2.66. The highest BCUT2D eigenvalue weighted by atomic mass is 32.1. The Morgan fingerprint density at radius 3 is 2.88 bits per heavy atom. The molecule has 1 aromatic rings. The molecule has 0 aliphatic rings. The summed E-state index contributed by atoms with van der Waals surface area (Å²) in [6.45, 7) is 9.98. The lowest BCUT2D eigenvalue weighted by Crippen LogP contribution is -2.20. The quantitative estimate of drug-likeness (QED) is 0.856. The first-order chi connectivity index (χ1) is 7.51. The fraction of sp³-hybridized carbons (Fsp3) is 0.667.